The summed E-state index contributed by atoms with van der Waals surface area (Å²) in [6.45, 7) is 2.46. The van der Waals surface area contributed by atoms with E-state index < -0.39 is 34.0 Å². The average molecular weight is 452 g/mol. The number of anilines is 2. The lowest BCUT2D eigenvalue weighted by Crippen LogP contribution is -2.59. The van der Waals surface area contributed by atoms with E-state index >= 15 is 0 Å². The van der Waals surface area contributed by atoms with Crippen LogP contribution in [0.15, 0.2) is 46.0 Å². The number of nitrogens with zero attached hydrogens (tertiary/aromatic N) is 1. The number of benzene rings is 1. The number of fused-ring (bicyclic) bond motifs is 1. The smallest absolute Gasteiger partial charge is 0.307 e. The van der Waals surface area contributed by atoms with Crippen molar-refractivity contribution in [1.82, 2.24) is 4.72 Å². The van der Waals surface area contributed by atoms with Gasteiger partial charge >= 0.3 is 5.97 Å². The Labute approximate surface area is 178 Å². The molecule has 0 radical (unpaired) electrons. The zero-order valence-corrected chi connectivity index (χ0v) is 18.0. The van der Waals surface area contributed by atoms with Crippen molar-refractivity contribution in [3.05, 3.63) is 41.8 Å². The lowest BCUT2D eigenvalue weighted by Gasteiger charge is -2.41. The van der Waals surface area contributed by atoms with Gasteiger partial charge in [0.2, 0.25) is 15.9 Å². The first-order valence-corrected chi connectivity index (χ1v) is 11.4. The number of nitrogens with one attached hydrogen (secondary N) is 2. The van der Waals surface area contributed by atoms with E-state index in [1.54, 1.807) is 49.6 Å². The molecule has 1 aliphatic heterocycles. The summed E-state index contributed by atoms with van der Waals surface area (Å²) in [5.74, 6) is -1.65. The summed E-state index contributed by atoms with van der Waals surface area (Å²) in [5, 5.41) is 4.38. The molecule has 0 unspecified atom stereocenters. The summed E-state index contributed by atoms with van der Waals surface area (Å²) in [6.07, 6.45) is -0.238. The van der Waals surface area contributed by atoms with E-state index in [1.165, 1.54) is 11.0 Å². The van der Waals surface area contributed by atoms with Crippen LogP contribution in [0.3, 0.4) is 0 Å². The van der Waals surface area contributed by atoms with E-state index in [4.69, 9.17) is 4.74 Å². The van der Waals surface area contributed by atoms with Crippen LogP contribution in [0, 0.1) is 0 Å². The van der Waals surface area contributed by atoms with Crippen LogP contribution in [0.25, 0.3) is 0 Å². The molecule has 0 spiro atoms. The second kappa shape index (κ2) is 8.54. The van der Waals surface area contributed by atoms with Crippen molar-refractivity contribution in [2.45, 2.75) is 30.0 Å². The molecule has 11 heteroatoms. The van der Waals surface area contributed by atoms with E-state index in [0.717, 1.165) is 11.3 Å². The molecule has 0 fully saturated rings. The molecule has 0 bridgehead atoms. The molecule has 1 aromatic carbocycles. The van der Waals surface area contributed by atoms with Crippen LogP contribution in [-0.4, -0.2) is 44.9 Å². The molecule has 0 saturated heterocycles. The normalized spacial score (nSPS) is 15.3. The molecule has 0 aliphatic carbocycles. The number of ether oxygens (including phenoxy) is 1. The van der Waals surface area contributed by atoms with E-state index in [9.17, 15) is 22.8 Å². The first kappa shape index (κ1) is 21.9. The third kappa shape index (κ3) is 4.53. The van der Waals surface area contributed by atoms with Crippen LogP contribution < -0.4 is 14.9 Å². The highest BCUT2D eigenvalue weighted by atomic mass is 32.2. The molecular weight excluding hydrogens is 430 g/mol. The first-order chi connectivity index (χ1) is 14.1. The van der Waals surface area contributed by atoms with Crippen molar-refractivity contribution >= 4 is 50.5 Å². The molecule has 3 rings (SSSR count). The summed E-state index contributed by atoms with van der Waals surface area (Å²) >= 11 is 1.06. The maximum Gasteiger partial charge on any atom is 0.307 e. The number of sulfonamides is 1. The van der Waals surface area contributed by atoms with Gasteiger partial charge in [-0.1, -0.05) is 18.2 Å². The predicted octanol–water partition coefficient (Wildman–Crippen LogP) is 1.72. The van der Waals surface area contributed by atoms with Crippen LogP contribution in [-0.2, 0) is 29.1 Å². The van der Waals surface area contributed by atoms with Gasteiger partial charge < -0.3 is 10.1 Å². The summed E-state index contributed by atoms with van der Waals surface area (Å²) in [6, 6.07) is 9.90. The number of esters is 1. The second-order valence-electron chi connectivity index (χ2n) is 7.00. The van der Waals surface area contributed by atoms with Gasteiger partial charge in [0, 0.05) is 6.54 Å². The lowest BCUT2D eigenvalue weighted by atomic mass is 9.96. The first-order valence-electron chi connectivity index (χ1n) is 9.05. The Morgan fingerprint density at radius 2 is 1.93 bits per heavy atom. The Morgan fingerprint density at radius 3 is 2.63 bits per heavy atom. The highest BCUT2D eigenvalue weighted by Crippen LogP contribution is 2.36. The van der Waals surface area contributed by atoms with Gasteiger partial charge in [0.05, 0.1) is 17.8 Å². The molecule has 30 heavy (non-hydrogen) atoms. The molecule has 2 amide bonds. The molecule has 1 aromatic heterocycles. The van der Waals surface area contributed by atoms with Crippen LogP contribution in [0.5, 0.6) is 0 Å². The van der Waals surface area contributed by atoms with Gasteiger partial charge in [0.1, 0.15) is 9.75 Å². The number of carbonyl (C=O) groups excluding carboxylic acids is 3. The van der Waals surface area contributed by atoms with E-state index in [-0.39, 0.29) is 23.1 Å². The van der Waals surface area contributed by atoms with Crippen LogP contribution in [0.1, 0.15) is 20.3 Å². The molecule has 2 N–H and O–H groups in total. The minimum absolute atomic E-state index is 0.148. The molecular formula is C19H21N3O6S2. The predicted molar refractivity (Wildman–Crippen MR) is 112 cm³/mol. The summed E-state index contributed by atoms with van der Waals surface area (Å²) in [7, 11) is -3.67. The van der Waals surface area contributed by atoms with Crippen molar-refractivity contribution in [2.24, 2.45) is 0 Å². The standard InChI is InChI=1S/C19H21N3O6S2/c1-19(2)18(25)21-13-6-3-4-7-14(13)22(19)15(23)12-28-16(24)9-10-20-30(26,27)17-8-5-11-29-17/h3-8,11,20H,9-10,12H2,1-2H3,(H,21,25). The SMILES string of the molecule is CC1(C)C(=O)Nc2ccccc2N1C(=O)COC(=O)CCNS(=O)(=O)c1cccs1. The number of para-hydroxylation sites is 2. The zero-order chi connectivity index (χ0) is 21.9. The monoisotopic (exact) mass is 451 g/mol. The van der Waals surface area contributed by atoms with E-state index in [0.29, 0.717) is 11.4 Å². The minimum Gasteiger partial charge on any atom is -0.456 e. The van der Waals surface area contributed by atoms with Crippen molar-refractivity contribution in [2.75, 3.05) is 23.4 Å². The third-order valence-electron chi connectivity index (χ3n) is 4.50. The molecule has 160 valence electrons. The molecule has 0 saturated carbocycles. The molecule has 9 nitrogen and oxygen atoms in total. The number of thiophene rings is 1. The molecule has 0 atom stereocenters. The number of carbonyl (C=O) groups is 3. The van der Waals surface area contributed by atoms with E-state index in [2.05, 4.69) is 10.0 Å². The van der Waals surface area contributed by atoms with Gasteiger partial charge in [-0.2, -0.15) is 0 Å². The third-order valence-corrected chi connectivity index (χ3v) is 7.35. The molecule has 1 aliphatic rings. The number of amides is 2. The Hall–Kier alpha value is -2.76. The van der Waals surface area contributed by atoms with Crippen LogP contribution in [0.2, 0.25) is 0 Å². The Balaban J connectivity index is 1.57. The maximum absolute atomic E-state index is 12.8. The highest BCUT2D eigenvalue weighted by molar-refractivity contribution is 7.91. The van der Waals surface area contributed by atoms with Gasteiger partial charge in [0.15, 0.2) is 6.61 Å². The Morgan fingerprint density at radius 1 is 1.20 bits per heavy atom. The van der Waals surface area contributed by atoms with E-state index in [1.807, 2.05) is 0 Å². The number of rotatable bonds is 7. The second-order valence-corrected chi connectivity index (χ2v) is 9.94. The van der Waals surface area contributed by atoms with Crippen LogP contribution in [0.4, 0.5) is 11.4 Å². The largest absolute Gasteiger partial charge is 0.456 e. The zero-order valence-electron chi connectivity index (χ0n) is 16.4. The lowest BCUT2D eigenvalue weighted by molar-refractivity contribution is -0.148. The maximum atomic E-state index is 12.8. The Bertz CT molecular complexity index is 1060. The fraction of sp³-hybridized carbons (Fsp3) is 0.316. The van der Waals surface area contributed by atoms with Crippen molar-refractivity contribution < 1.29 is 27.5 Å². The van der Waals surface area contributed by atoms with Gasteiger partial charge in [-0.3, -0.25) is 19.3 Å². The van der Waals surface area contributed by atoms with Crippen LogP contribution >= 0.6 is 11.3 Å². The van der Waals surface area contributed by atoms with Crippen molar-refractivity contribution in [3.63, 3.8) is 0 Å². The fourth-order valence-electron chi connectivity index (χ4n) is 2.95. The quantitative estimate of drug-likeness (QED) is 0.618. The summed E-state index contributed by atoms with van der Waals surface area (Å²) < 4.78 is 31.5. The fourth-order valence-corrected chi connectivity index (χ4v) is 5.02. The number of hydrogen-bond donors (Lipinski definition) is 2. The van der Waals surface area contributed by atoms with Gasteiger partial charge in [0.25, 0.3) is 5.91 Å². The molecule has 2 aromatic rings. The van der Waals surface area contributed by atoms with Gasteiger partial charge in [-0.05, 0) is 37.4 Å². The summed E-state index contributed by atoms with van der Waals surface area (Å²) in [5.41, 5.74) is -0.176. The number of hydrogen-bond acceptors (Lipinski definition) is 7. The Kier molecular flexibility index (Phi) is 6.25. The van der Waals surface area contributed by atoms with Crippen molar-refractivity contribution in [1.29, 1.82) is 0 Å². The minimum atomic E-state index is -3.67. The van der Waals surface area contributed by atoms with Gasteiger partial charge in [-0.15, -0.1) is 11.3 Å². The average Bonchev–Trinajstić information content (AvgIpc) is 3.23. The van der Waals surface area contributed by atoms with Gasteiger partial charge in [-0.25, -0.2) is 13.1 Å². The van der Waals surface area contributed by atoms with Crippen molar-refractivity contribution in [3.8, 4) is 0 Å². The topological polar surface area (TPSA) is 122 Å². The summed E-state index contributed by atoms with van der Waals surface area (Å²) in [4.78, 5) is 38.4. The molecule has 2 heterocycles. The highest BCUT2D eigenvalue weighted by Gasteiger charge is 2.43.